The average Bonchev–Trinajstić information content (AvgIpc) is 2.79. The third kappa shape index (κ3) is 3.05. The maximum atomic E-state index is 11.9. The molecule has 1 saturated heterocycles. The molecule has 1 fully saturated rings. The van der Waals surface area contributed by atoms with Crippen LogP contribution in [0.3, 0.4) is 0 Å². The molecule has 0 spiro atoms. The molecule has 1 atom stereocenters. The zero-order valence-corrected chi connectivity index (χ0v) is 10.9. The highest BCUT2D eigenvalue weighted by molar-refractivity contribution is 6.00. The molecule has 1 unspecified atom stereocenters. The number of hydrogen-bond acceptors (Lipinski definition) is 3. The van der Waals surface area contributed by atoms with Gasteiger partial charge in [-0.25, -0.2) is 0 Å². The van der Waals surface area contributed by atoms with Crippen molar-refractivity contribution in [2.75, 3.05) is 18.0 Å². The number of aromatic hydroxyl groups is 1. The Bertz CT molecular complexity index is 470. The van der Waals surface area contributed by atoms with Gasteiger partial charge >= 0.3 is 0 Å². The van der Waals surface area contributed by atoms with Gasteiger partial charge in [-0.05, 0) is 30.7 Å². The van der Waals surface area contributed by atoms with Crippen molar-refractivity contribution in [3.63, 3.8) is 0 Å². The van der Waals surface area contributed by atoms with Gasteiger partial charge in [0.2, 0.25) is 11.8 Å². The van der Waals surface area contributed by atoms with E-state index in [1.807, 2.05) is 6.92 Å². The van der Waals surface area contributed by atoms with Crippen molar-refractivity contribution in [1.82, 2.24) is 5.32 Å². The summed E-state index contributed by atoms with van der Waals surface area (Å²) in [5, 5.41) is 12.1. The first kappa shape index (κ1) is 13.4. The summed E-state index contributed by atoms with van der Waals surface area (Å²) in [6.07, 6.45) is 1.13. The van der Waals surface area contributed by atoms with Gasteiger partial charge in [-0.15, -0.1) is 0 Å². The van der Waals surface area contributed by atoms with E-state index < -0.39 is 0 Å². The summed E-state index contributed by atoms with van der Waals surface area (Å²) < 4.78 is 0. The van der Waals surface area contributed by atoms with Crippen LogP contribution >= 0.6 is 0 Å². The van der Waals surface area contributed by atoms with Gasteiger partial charge in [0.15, 0.2) is 0 Å². The van der Waals surface area contributed by atoms with E-state index in [1.165, 1.54) is 12.1 Å². The lowest BCUT2D eigenvalue weighted by Crippen LogP contribution is -2.33. The van der Waals surface area contributed by atoms with E-state index in [0.717, 1.165) is 6.42 Å². The molecule has 1 aliphatic heterocycles. The second-order valence-corrected chi connectivity index (χ2v) is 4.71. The smallest absolute Gasteiger partial charge is 0.227 e. The fourth-order valence-electron chi connectivity index (χ4n) is 2.16. The number of carbonyl (C=O) groups is 2. The Labute approximate surface area is 112 Å². The van der Waals surface area contributed by atoms with Crippen molar-refractivity contribution in [3.05, 3.63) is 24.3 Å². The Balaban J connectivity index is 2.03. The highest BCUT2D eigenvalue weighted by atomic mass is 16.3. The van der Waals surface area contributed by atoms with Crippen LogP contribution in [-0.4, -0.2) is 30.0 Å². The molecule has 0 aliphatic carbocycles. The number of amides is 2. The second-order valence-electron chi connectivity index (χ2n) is 4.71. The first-order valence-corrected chi connectivity index (χ1v) is 6.49. The van der Waals surface area contributed by atoms with Crippen LogP contribution < -0.4 is 10.2 Å². The van der Waals surface area contributed by atoms with Crippen molar-refractivity contribution < 1.29 is 14.7 Å². The lowest BCUT2D eigenvalue weighted by molar-refractivity contribution is -0.126. The Morgan fingerprint density at radius 3 is 2.74 bits per heavy atom. The minimum absolute atomic E-state index is 0.0534. The summed E-state index contributed by atoms with van der Waals surface area (Å²) >= 11 is 0. The summed E-state index contributed by atoms with van der Waals surface area (Å²) in [6.45, 7) is 3.03. The molecule has 1 aromatic carbocycles. The van der Waals surface area contributed by atoms with Crippen LogP contribution in [0, 0.1) is 5.92 Å². The molecule has 1 aliphatic rings. The molecule has 1 aromatic rings. The summed E-state index contributed by atoms with van der Waals surface area (Å²) in [5.74, 6) is -0.237. The van der Waals surface area contributed by atoms with Gasteiger partial charge in [-0.3, -0.25) is 9.59 Å². The monoisotopic (exact) mass is 262 g/mol. The van der Waals surface area contributed by atoms with Crippen molar-refractivity contribution in [2.24, 2.45) is 5.92 Å². The van der Waals surface area contributed by atoms with Crippen molar-refractivity contribution in [1.29, 1.82) is 0 Å². The van der Waals surface area contributed by atoms with Crippen LogP contribution in [0.25, 0.3) is 0 Å². The van der Waals surface area contributed by atoms with Crippen LogP contribution in [0.4, 0.5) is 5.69 Å². The molecule has 5 heteroatoms. The fraction of sp³-hybridized carbons (Fsp3) is 0.429. The van der Waals surface area contributed by atoms with Crippen LogP contribution in [0.1, 0.15) is 19.8 Å². The highest BCUT2D eigenvalue weighted by Crippen LogP contribution is 2.26. The van der Waals surface area contributed by atoms with E-state index >= 15 is 0 Å². The lowest BCUT2D eigenvalue weighted by Gasteiger charge is -2.16. The molecule has 0 aromatic heterocycles. The number of hydrogen-bond donors (Lipinski definition) is 2. The van der Waals surface area contributed by atoms with Gasteiger partial charge in [0.1, 0.15) is 5.75 Å². The number of anilines is 1. The van der Waals surface area contributed by atoms with Crippen LogP contribution in [-0.2, 0) is 9.59 Å². The maximum absolute atomic E-state index is 11.9. The molecule has 19 heavy (non-hydrogen) atoms. The van der Waals surface area contributed by atoms with Gasteiger partial charge in [0.25, 0.3) is 0 Å². The van der Waals surface area contributed by atoms with Crippen molar-refractivity contribution >= 4 is 17.5 Å². The normalized spacial score (nSPS) is 18.7. The van der Waals surface area contributed by atoms with Gasteiger partial charge < -0.3 is 15.3 Å². The van der Waals surface area contributed by atoms with Crippen LogP contribution in [0.15, 0.2) is 24.3 Å². The summed E-state index contributed by atoms with van der Waals surface area (Å²) in [5.41, 5.74) is 0.716. The molecule has 0 saturated carbocycles. The topological polar surface area (TPSA) is 69.6 Å². The predicted molar refractivity (Wildman–Crippen MR) is 71.9 cm³/mol. The molecular weight excluding hydrogens is 244 g/mol. The molecule has 1 heterocycles. The number of nitrogens with zero attached hydrogens (tertiary/aromatic N) is 1. The van der Waals surface area contributed by atoms with Crippen LogP contribution in [0.5, 0.6) is 5.75 Å². The number of phenols is 1. The third-order valence-electron chi connectivity index (χ3n) is 3.21. The largest absolute Gasteiger partial charge is 0.508 e. The van der Waals surface area contributed by atoms with E-state index in [4.69, 9.17) is 0 Å². The SMILES string of the molecule is CCCNC(=O)C1CC(=O)N(c2ccc(O)cc2)C1. The van der Waals surface area contributed by atoms with Gasteiger partial charge in [0, 0.05) is 25.2 Å². The predicted octanol–water partition coefficient (Wildman–Crippen LogP) is 1.27. The second kappa shape index (κ2) is 5.73. The number of rotatable bonds is 4. The Morgan fingerprint density at radius 1 is 1.42 bits per heavy atom. The first-order valence-electron chi connectivity index (χ1n) is 6.49. The number of phenolic OH excluding ortho intramolecular Hbond substituents is 1. The molecule has 0 bridgehead atoms. The number of carbonyl (C=O) groups excluding carboxylic acids is 2. The first-order chi connectivity index (χ1) is 9.11. The summed E-state index contributed by atoms with van der Waals surface area (Å²) in [7, 11) is 0. The molecule has 2 rings (SSSR count). The Morgan fingerprint density at radius 2 is 2.11 bits per heavy atom. The quantitative estimate of drug-likeness (QED) is 0.858. The van der Waals surface area contributed by atoms with Crippen LogP contribution in [0.2, 0.25) is 0 Å². The third-order valence-corrected chi connectivity index (χ3v) is 3.21. The fourth-order valence-corrected chi connectivity index (χ4v) is 2.16. The molecule has 5 nitrogen and oxygen atoms in total. The van der Waals surface area contributed by atoms with Gasteiger partial charge in [0.05, 0.1) is 5.92 Å². The molecule has 2 amide bonds. The number of nitrogens with one attached hydrogen (secondary N) is 1. The molecule has 0 radical (unpaired) electrons. The average molecular weight is 262 g/mol. The Kier molecular flexibility index (Phi) is 4.04. The van der Waals surface area contributed by atoms with Crippen molar-refractivity contribution in [3.8, 4) is 5.75 Å². The Hall–Kier alpha value is -2.04. The van der Waals surface area contributed by atoms with E-state index in [1.54, 1.807) is 17.0 Å². The molecular formula is C14H18N2O3. The maximum Gasteiger partial charge on any atom is 0.227 e. The molecule has 2 N–H and O–H groups in total. The summed E-state index contributed by atoms with van der Waals surface area (Å²) in [4.78, 5) is 25.4. The highest BCUT2D eigenvalue weighted by Gasteiger charge is 2.34. The standard InChI is InChI=1S/C14H18N2O3/c1-2-7-15-14(19)10-8-13(18)16(9-10)11-3-5-12(17)6-4-11/h3-6,10,17H,2,7-9H2,1H3,(H,15,19). The zero-order chi connectivity index (χ0) is 13.8. The molecule has 102 valence electrons. The van der Waals surface area contributed by atoms with E-state index in [-0.39, 0.29) is 29.9 Å². The lowest BCUT2D eigenvalue weighted by atomic mass is 10.1. The number of benzene rings is 1. The van der Waals surface area contributed by atoms with Gasteiger partial charge in [-0.1, -0.05) is 6.92 Å². The summed E-state index contributed by atoms with van der Waals surface area (Å²) in [6, 6.07) is 6.43. The zero-order valence-electron chi connectivity index (χ0n) is 10.9. The minimum Gasteiger partial charge on any atom is -0.508 e. The van der Waals surface area contributed by atoms with E-state index in [0.29, 0.717) is 18.8 Å². The van der Waals surface area contributed by atoms with E-state index in [2.05, 4.69) is 5.32 Å². The minimum atomic E-state index is -0.284. The van der Waals surface area contributed by atoms with Gasteiger partial charge in [-0.2, -0.15) is 0 Å². The van der Waals surface area contributed by atoms with Crippen molar-refractivity contribution in [2.45, 2.75) is 19.8 Å². The van der Waals surface area contributed by atoms with E-state index in [9.17, 15) is 14.7 Å².